The molecule has 176 valence electrons. The average Bonchev–Trinajstić information content (AvgIpc) is 2.81. The van der Waals surface area contributed by atoms with Gasteiger partial charge in [-0.1, -0.05) is 18.6 Å². The Morgan fingerprint density at radius 2 is 1.81 bits per heavy atom. The molecule has 3 N–H and O–H groups in total. The summed E-state index contributed by atoms with van der Waals surface area (Å²) in [6.45, 7) is 12.3. The zero-order chi connectivity index (χ0) is 23.0. The lowest BCUT2D eigenvalue weighted by molar-refractivity contribution is -0.123. The highest BCUT2D eigenvalue weighted by Gasteiger charge is 2.28. The Kier molecular flexibility index (Phi) is 8.50. The SMILES string of the molecule is CCNC(=NCc1ccc(C(=O)N2CCNC(=O)C2)cc1)NCC(C)(C)N1CCCCC1. The van der Waals surface area contributed by atoms with Crippen molar-refractivity contribution in [2.75, 3.05) is 45.8 Å². The van der Waals surface area contributed by atoms with Crippen LogP contribution in [-0.4, -0.2) is 78.9 Å². The molecule has 2 aliphatic heterocycles. The van der Waals surface area contributed by atoms with Gasteiger partial charge in [-0.3, -0.25) is 14.5 Å². The van der Waals surface area contributed by atoms with E-state index < -0.39 is 0 Å². The summed E-state index contributed by atoms with van der Waals surface area (Å²) in [7, 11) is 0. The molecule has 2 heterocycles. The van der Waals surface area contributed by atoms with Crippen molar-refractivity contribution >= 4 is 17.8 Å². The maximum atomic E-state index is 12.6. The van der Waals surface area contributed by atoms with Gasteiger partial charge < -0.3 is 20.9 Å². The number of likely N-dealkylation sites (tertiary alicyclic amines) is 1. The molecule has 2 aliphatic rings. The molecule has 3 rings (SSSR count). The molecule has 8 nitrogen and oxygen atoms in total. The molecule has 32 heavy (non-hydrogen) atoms. The summed E-state index contributed by atoms with van der Waals surface area (Å²) in [6.07, 6.45) is 3.89. The zero-order valence-corrected chi connectivity index (χ0v) is 19.7. The lowest BCUT2D eigenvalue weighted by Gasteiger charge is -2.41. The molecular weight excluding hydrogens is 404 g/mol. The van der Waals surface area contributed by atoms with Crippen LogP contribution in [0.5, 0.6) is 0 Å². The monoisotopic (exact) mass is 442 g/mol. The number of carbonyl (C=O) groups is 2. The predicted octanol–water partition coefficient (Wildman–Crippen LogP) is 1.58. The first kappa shape index (κ1) is 24.0. The van der Waals surface area contributed by atoms with Crippen LogP contribution in [0.25, 0.3) is 0 Å². The van der Waals surface area contributed by atoms with Gasteiger partial charge in [-0.25, -0.2) is 4.99 Å². The second-order valence-corrected chi connectivity index (χ2v) is 9.18. The molecule has 0 aliphatic carbocycles. The van der Waals surface area contributed by atoms with Crippen LogP contribution in [0, 0.1) is 0 Å². The third-order valence-corrected chi connectivity index (χ3v) is 6.19. The molecule has 1 aromatic carbocycles. The van der Waals surface area contributed by atoms with Crippen LogP contribution in [0.15, 0.2) is 29.3 Å². The highest BCUT2D eigenvalue weighted by molar-refractivity contribution is 5.97. The van der Waals surface area contributed by atoms with Crippen molar-refractivity contribution in [3.8, 4) is 0 Å². The topological polar surface area (TPSA) is 89.1 Å². The van der Waals surface area contributed by atoms with Crippen LogP contribution in [0.2, 0.25) is 0 Å². The minimum atomic E-state index is -0.109. The number of carbonyl (C=O) groups excluding carboxylic acids is 2. The smallest absolute Gasteiger partial charge is 0.254 e. The van der Waals surface area contributed by atoms with Crippen LogP contribution in [0.3, 0.4) is 0 Å². The molecule has 2 amide bonds. The van der Waals surface area contributed by atoms with Gasteiger partial charge in [0.2, 0.25) is 5.91 Å². The lowest BCUT2D eigenvalue weighted by Crippen LogP contribution is -2.54. The van der Waals surface area contributed by atoms with Gasteiger partial charge in [-0.05, 0) is 64.4 Å². The maximum absolute atomic E-state index is 12.6. The lowest BCUT2D eigenvalue weighted by atomic mass is 9.98. The van der Waals surface area contributed by atoms with E-state index in [1.54, 1.807) is 4.90 Å². The Hall–Kier alpha value is -2.61. The van der Waals surface area contributed by atoms with Gasteiger partial charge >= 0.3 is 0 Å². The van der Waals surface area contributed by atoms with Crippen LogP contribution in [0.4, 0.5) is 0 Å². The van der Waals surface area contributed by atoms with E-state index in [2.05, 4.69) is 41.6 Å². The first-order chi connectivity index (χ1) is 15.4. The molecule has 8 heteroatoms. The summed E-state index contributed by atoms with van der Waals surface area (Å²) >= 11 is 0. The van der Waals surface area contributed by atoms with E-state index in [1.165, 1.54) is 19.3 Å². The number of hydrogen-bond donors (Lipinski definition) is 3. The van der Waals surface area contributed by atoms with Crippen molar-refractivity contribution in [1.82, 2.24) is 25.8 Å². The van der Waals surface area contributed by atoms with Crippen molar-refractivity contribution < 1.29 is 9.59 Å². The Labute approximate surface area is 191 Å². The summed E-state index contributed by atoms with van der Waals surface area (Å²) < 4.78 is 0. The second-order valence-electron chi connectivity index (χ2n) is 9.18. The quantitative estimate of drug-likeness (QED) is 0.441. The first-order valence-electron chi connectivity index (χ1n) is 11.8. The fourth-order valence-corrected chi connectivity index (χ4v) is 4.17. The number of piperazine rings is 1. The molecule has 0 radical (unpaired) electrons. The van der Waals surface area contributed by atoms with E-state index in [0.717, 1.165) is 37.7 Å². The number of piperidine rings is 1. The van der Waals surface area contributed by atoms with Crippen LogP contribution in [0.1, 0.15) is 56.0 Å². The van der Waals surface area contributed by atoms with Gasteiger partial charge in [0.15, 0.2) is 5.96 Å². The number of rotatable bonds is 7. The van der Waals surface area contributed by atoms with Gasteiger partial charge in [-0.15, -0.1) is 0 Å². The van der Waals surface area contributed by atoms with Gasteiger partial charge in [0.05, 0.1) is 13.1 Å². The number of amides is 2. The third kappa shape index (κ3) is 6.69. The van der Waals surface area contributed by atoms with Crippen LogP contribution >= 0.6 is 0 Å². The molecule has 0 bridgehead atoms. The van der Waals surface area contributed by atoms with E-state index in [1.807, 2.05) is 24.3 Å². The minimum Gasteiger partial charge on any atom is -0.357 e. The number of nitrogens with one attached hydrogen (secondary N) is 3. The van der Waals surface area contributed by atoms with Crippen LogP contribution < -0.4 is 16.0 Å². The molecule has 1 aromatic rings. The average molecular weight is 443 g/mol. The summed E-state index contributed by atoms with van der Waals surface area (Å²) in [4.78, 5) is 33.0. The zero-order valence-electron chi connectivity index (χ0n) is 19.7. The fraction of sp³-hybridized carbons (Fsp3) is 0.625. The predicted molar refractivity (Wildman–Crippen MR) is 128 cm³/mol. The van der Waals surface area contributed by atoms with Gasteiger partial charge in [0, 0.05) is 37.3 Å². The van der Waals surface area contributed by atoms with Crippen molar-refractivity contribution in [3.63, 3.8) is 0 Å². The second kappa shape index (κ2) is 11.3. The molecule has 0 atom stereocenters. The minimum absolute atomic E-state index is 0.0734. The molecular formula is C24H38N6O2. The fourth-order valence-electron chi connectivity index (χ4n) is 4.17. The van der Waals surface area contributed by atoms with Gasteiger partial charge in [-0.2, -0.15) is 0 Å². The van der Waals surface area contributed by atoms with E-state index in [4.69, 9.17) is 4.99 Å². The Bertz CT molecular complexity index is 799. The molecule has 0 aromatic heterocycles. The Balaban J connectivity index is 1.56. The summed E-state index contributed by atoms with van der Waals surface area (Å²) in [5.41, 5.74) is 1.70. The Morgan fingerprint density at radius 1 is 1.09 bits per heavy atom. The largest absolute Gasteiger partial charge is 0.357 e. The maximum Gasteiger partial charge on any atom is 0.254 e. The highest BCUT2D eigenvalue weighted by Crippen LogP contribution is 2.19. The third-order valence-electron chi connectivity index (χ3n) is 6.19. The molecule has 2 saturated heterocycles. The summed E-state index contributed by atoms with van der Waals surface area (Å²) in [5, 5.41) is 9.57. The van der Waals surface area contributed by atoms with Crippen LogP contribution in [-0.2, 0) is 11.3 Å². The molecule has 0 unspecified atom stereocenters. The van der Waals surface area contributed by atoms with Gasteiger partial charge in [0.1, 0.15) is 0 Å². The van der Waals surface area contributed by atoms with Crippen molar-refractivity contribution in [3.05, 3.63) is 35.4 Å². The van der Waals surface area contributed by atoms with E-state index in [0.29, 0.717) is 25.2 Å². The van der Waals surface area contributed by atoms with E-state index in [-0.39, 0.29) is 23.9 Å². The Morgan fingerprint density at radius 3 is 2.47 bits per heavy atom. The number of nitrogens with zero attached hydrogens (tertiary/aromatic N) is 3. The van der Waals surface area contributed by atoms with Crippen molar-refractivity contribution in [1.29, 1.82) is 0 Å². The number of hydrogen-bond acceptors (Lipinski definition) is 4. The summed E-state index contributed by atoms with van der Waals surface area (Å²) in [6, 6.07) is 7.50. The normalized spacial score (nSPS) is 18.3. The van der Waals surface area contributed by atoms with Crippen molar-refractivity contribution in [2.24, 2.45) is 4.99 Å². The number of guanidine groups is 1. The first-order valence-corrected chi connectivity index (χ1v) is 11.8. The summed E-state index contributed by atoms with van der Waals surface area (Å²) in [5.74, 6) is 0.587. The van der Waals surface area contributed by atoms with Crippen molar-refractivity contribution in [2.45, 2.75) is 52.1 Å². The molecule has 0 saturated carbocycles. The molecule has 2 fully saturated rings. The molecule has 0 spiro atoms. The highest BCUT2D eigenvalue weighted by atomic mass is 16.2. The van der Waals surface area contributed by atoms with Gasteiger partial charge in [0.25, 0.3) is 5.91 Å². The van der Waals surface area contributed by atoms with E-state index >= 15 is 0 Å². The number of benzene rings is 1. The number of aliphatic imine (C=N–C) groups is 1. The standard InChI is InChI=1S/C24H38N6O2/c1-4-25-23(28-18-24(2,3)30-13-6-5-7-14-30)27-16-19-8-10-20(11-9-19)22(32)29-15-12-26-21(31)17-29/h8-11H,4-7,12-18H2,1-3H3,(H,26,31)(H2,25,27,28). The van der Waals surface area contributed by atoms with E-state index in [9.17, 15) is 9.59 Å².